The van der Waals surface area contributed by atoms with Gasteiger partial charge in [0.2, 0.25) is 5.91 Å². The molecule has 0 spiro atoms. The van der Waals surface area contributed by atoms with Crippen LogP contribution in [0.4, 0.5) is 10.1 Å². The van der Waals surface area contributed by atoms with Crippen LogP contribution < -0.4 is 15.0 Å². The number of benzene rings is 2. The normalized spacial score (nSPS) is 19.8. The van der Waals surface area contributed by atoms with Gasteiger partial charge in [0.15, 0.2) is 6.10 Å². The highest BCUT2D eigenvalue weighted by Crippen LogP contribution is 2.33. The highest BCUT2D eigenvalue weighted by atomic mass is 19.1. The lowest BCUT2D eigenvalue weighted by atomic mass is 10.0. The van der Waals surface area contributed by atoms with E-state index >= 15 is 0 Å². The number of fused-ring (bicyclic) bond motifs is 1. The first-order chi connectivity index (χ1) is 15.0. The Bertz CT molecular complexity index is 931. The van der Waals surface area contributed by atoms with Gasteiger partial charge in [-0.25, -0.2) is 4.39 Å². The molecule has 2 heterocycles. The Balaban J connectivity index is 1.47. The lowest BCUT2D eigenvalue weighted by Gasteiger charge is -2.36. The van der Waals surface area contributed by atoms with Crippen LogP contribution in [0, 0.1) is 5.82 Å². The zero-order valence-corrected chi connectivity index (χ0v) is 17.4. The van der Waals surface area contributed by atoms with E-state index in [1.54, 1.807) is 35.2 Å². The van der Waals surface area contributed by atoms with Gasteiger partial charge in [0.1, 0.15) is 11.6 Å². The second kappa shape index (κ2) is 9.45. The first-order valence-electron chi connectivity index (χ1n) is 10.4. The molecule has 31 heavy (non-hydrogen) atoms. The van der Waals surface area contributed by atoms with Crippen molar-refractivity contribution in [1.29, 1.82) is 0 Å². The first kappa shape index (κ1) is 21.3. The molecule has 0 saturated carbocycles. The van der Waals surface area contributed by atoms with E-state index in [1.165, 1.54) is 19.1 Å². The van der Waals surface area contributed by atoms with Gasteiger partial charge in [0.05, 0.1) is 31.5 Å². The quantitative estimate of drug-likeness (QED) is 0.792. The van der Waals surface area contributed by atoms with Gasteiger partial charge in [-0.05, 0) is 29.8 Å². The molecule has 2 aliphatic rings. The third-order valence-electron chi connectivity index (χ3n) is 5.66. The summed E-state index contributed by atoms with van der Waals surface area (Å²) in [6.45, 7) is 4.64. The average molecular weight is 427 g/mol. The Kier molecular flexibility index (Phi) is 6.48. The van der Waals surface area contributed by atoms with Crippen LogP contribution in [0.15, 0.2) is 48.5 Å². The fourth-order valence-corrected chi connectivity index (χ4v) is 4.01. The molecule has 1 saturated heterocycles. The zero-order chi connectivity index (χ0) is 21.8. The van der Waals surface area contributed by atoms with Gasteiger partial charge in [-0.3, -0.25) is 14.5 Å². The zero-order valence-electron chi connectivity index (χ0n) is 17.4. The van der Waals surface area contributed by atoms with Crippen molar-refractivity contribution >= 4 is 17.5 Å². The molecule has 0 radical (unpaired) electrons. The molecule has 1 N–H and O–H groups in total. The summed E-state index contributed by atoms with van der Waals surface area (Å²) in [5, 5.41) is 2.98. The van der Waals surface area contributed by atoms with E-state index in [0.717, 1.165) is 18.7 Å². The Morgan fingerprint density at radius 2 is 1.84 bits per heavy atom. The third kappa shape index (κ3) is 4.86. The molecule has 164 valence electrons. The molecule has 7 nitrogen and oxygen atoms in total. The number of halogens is 1. The lowest BCUT2D eigenvalue weighted by molar-refractivity contribution is -0.128. The number of rotatable bonds is 5. The number of hydrogen-bond acceptors (Lipinski definition) is 5. The number of carbonyl (C=O) groups excluding carboxylic acids is 2. The summed E-state index contributed by atoms with van der Waals surface area (Å²) in [4.78, 5) is 28.9. The molecule has 2 atom stereocenters. The van der Waals surface area contributed by atoms with E-state index in [2.05, 4.69) is 10.2 Å². The predicted molar refractivity (Wildman–Crippen MR) is 113 cm³/mol. The SMILES string of the molecule is CC(=O)N1CC(C(=O)NCC(c2ccc(F)cc2)N2CCOCC2)Oc2ccccc21. The number of anilines is 1. The standard InChI is InChI=1S/C23H26FN3O4/c1-16(28)27-15-22(31-21-5-3-2-4-19(21)27)23(29)25-14-20(26-10-12-30-13-11-26)17-6-8-18(24)9-7-17/h2-9,20,22H,10-15H2,1H3,(H,25,29). The van der Waals surface area contributed by atoms with Gasteiger partial charge in [-0.15, -0.1) is 0 Å². The van der Waals surface area contributed by atoms with Crippen molar-refractivity contribution in [3.05, 3.63) is 59.9 Å². The van der Waals surface area contributed by atoms with E-state index < -0.39 is 6.10 Å². The van der Waals surface area contributed by atoms with Crippen LogP contribution in [0.3, 0.4) is 0 Å². The lowest BCUT2D eigenvalue weighted by Crippen LogP contribution is -2.52. The van der Waals surface area contributed by atoms with Gasteiger partial charge < -0.3 is 19.7 Å². The minimum absolute atomic E-state index is 0.117. The second-order valence-corrected chi connectivity index (χ2v) is 7.66. The van der Waals surface area contributed by atoms with Crippen LogP contribution in [-0.4, -0.2) is 62.2 Å². The largest absolute Gasteiger partial charge is 0.477 e. The minimum Gasteiger partial charge on any atom is -0.477 e. The van der Waals surface area contributed by atoms with Gasteiger partial charge in [0.25, 0.3) is 5.91 Å². The van der Waals surface area contributed by atoms with Crippen molar-refractivity contribution in [3.63, 3.8) is 0 Å². The maximum absolute atomic E-state index is 13.4. The van der Waals surface area contributed by atoms with Gasteiger partial charge >= 0.3 is 0 Å². The number of carbonyl (C=O) groups is 2. The number of ether oxygens (including phenoxy) is 2. The molecule has 2 aliphatic heterocycles. The number of nitrogens with one attached hydrogen (secondary N) is 1. The third-order valence-corrected chi connectivity index (χ3v) is 5.66. The number of hydrogen-bond donors (Lipinski definition) is 1. The van der Waals surface area contributed by atoms with Crippen molar-refractivity contribution in [2.24, 2.45) is 0 Å². The summed E-state index contributed by atoms with van der Waals surface area (Å²) in [7, 11) is 0. The average Bonchev–Trinajstić information content (AvgIpc) is 2.80. The predicted octanol–water partition coefficient (Wildman–Crippen LogP) is 2.13. The summed E-state index contributed by atoms with van der Waals surface area (Å²) in [5.74, 6) is -0.230. The molecule has 2 aromatic carbocycles. The van der Waals surface area contributed by atoms with Crippen molar-refractivity contribution in [2.45, 2.75) is 19.1 Å². The van der Waals surface area contributed by atoms with Gasteiger partial charge in [-0.1, -0.05) is 24.3 Å². The van der Waals surface area contributed by atoms with E-state index in [9.17, 15) is 14.0 Å². The van der Waals surface area contributed by atoms with E-state index in [0.29, 0.717) is 31.2 Å². The highest BCUT2D eigenvalue weighted by Gasteiger charge is 2.33. The van der Waals surface area contributed by atoms with Crippen molar-refractivity contribution in [2.75, 3.05) is 44.3 Å². The van der Waals surface area contributed by atoms with Crippen LogP contribution in [0.25, 0.3) is 0 Å². The highest BCUT2D eigenvalue weighted by molar-refractivity contribution is 5.95. The van der Waals surface area contributed by atoms with Gasteiger partial charge in [0, 0.05) is 26.6 Å². The van der Waals surface area contributed by atoms with E-state index in [1.807, 2.05) is 6.07 Å². The van der Waals surface area contributed by atoms with Crippen LogP contribution in [0.2, 0.25) is 0 Å². The fraction of sp³-hybridized carbons (Fsp3) is 0.391. The molecule has 0 aliphatic carbocycles. The van der Waals surface area contributed by atoms with Crippen molar-refractivity contribution in [1.82, 2.24) is 10.2 Å². The Labute approximate surface area is 180 Å². The molecular weight excluding hydrogens is 401 g/mol. The molecule has 0 bridgehead atoms. The molecule has 2 unspecified atom stereocenters. The number of nitrogens with zero attached hydrogens (tertiary/aromatic N) is 2. The Morgan fingerprint density at radius 1 is 1.13 bits per heavy atom. The molecule has 0 aromatic heterocycles. The molecule has 1 fully saturated rings. The summed E-state index contributed by atoms with van der Waals surface area (Å²) in [6.07, 6.45) is -0.808. The molecule has 2 amide bonds. The fourth-order valence-electron chi connectivity index (χ4n) is 4.01. The van der Waals surface area contributed by atoms with E-state index in [4.69, 9.17) is 9.47 Å². The van der Waals surface area contributed by atoms with Crippen LogP contribution in [0.1, 0.15) is 18.5 Å². The Morgan fingerprint density at radius 3 is 2.55 bits per heavy atom. The second-order valence-electron chi connectivity index (χ2n) is 7.66. The summed E-state index contributed by atoms with van der Waals surface area (Å²) < 4.78 is 24.8. The molecule has 8 heteroatoms. The summed E-state index contributed by atoms with van der Waals surface area (Å²) in [6, 6.07) is 13.4. The monoisotopic (exact) mass is 427 g/mol. The summed E-state index contributed by atoms with van der Waals surface area (Å²) >= 11 is 0. The van der Waals surface area contributed by atoms with E-state index in [-0.39, 0.29) is 30.2 Å². The number of amides is 2. The van der Waals surface area contributed by atoms with Crippen LogP contribution in [-0.2, 0) is 14.3 Å². The molecule has 4 rings (SSSR count). The number of morpholine rings is 1. The molecular formula is C23H26FN3O4. The smallest absolute Gasteiger partial charge is 0.263 e. The minimum atomic E-state index is -0.808. The maximum Gasteiger partial charge on any atom is 0.263 e. The van der Waals surface area contributed by atoms with Gasteiger partial charge in [-0.2, -0.15) is 0 Å². The maximum atomic E-state index is 13.4. The van der Waals surface area contributed by atoms with Crippen LogP contribution in [0.5, 0.6) is 5.75 Å². The number of para-hydroxylation sites is 2. The van der Waals surface area contributed by atoms with Crippen molar-refractivity contribution in [3.8, 4) is 5.75 Å². The van der Waals surface area contributed by atoms with Crippen LogP contribution >= 0.6 is 0 Å². The Hall–Kier alpha value is -2.97. The topological polar surface area (TPSA) is 71.1 Å². The first-order valence-corrected chi connectivity index (χ1v) is 10.4. The van der Waals surface area contributed by atoms with Crippen molar-refractivity contribution < 1.29 is 23.5 Å². The summed E-state index contributed by atoms with van der Waals surface area (Å²) in [5.41, 5.74) is 1.58. The molecule has 2 aromatic rings.